The zero-order valence-electron chi connectivity index (χ0n) is 13.0. The molecule has 0 aromatic carbocycles. The van der Waals surface area contributed by atoms with Crippen LogP contribution < -0.4 is 0 Å². The molecule has 0 bridgehead atoms. The van der Waals surface area contributed by atoms with Crippen LogP contribution in [0, 0.1) is 5.41 Å². The van der Waals surface area contributed by atoms with Crippen LogP contribution in [0.3, 0.4) is 0 Å². The molecule has 0 radical (unpaired) electrons. The fourth-order valence-electron chi connectivity index (χ4n) is 2.01. The summed E-state index contributed by atoms with van der Waals surface area (Å²) in [5, 5.41) is 0.258. The molecule has 1 aromatic rings. The van der Waals surface area contributed by atoms with E-state index in [-0.39, 0.29) is 15.3 Å². The third-order valence-electron chi connectivity index (χ3n) is 2.59. The summed E-state index contributed by atoms with van der Waals surface area (Å²) < 4.78 is -0.00391. The van der Waals surface area contributed by atoms with E-state index in [1.54, 1.807) is 0 Å². The van der Waals surface area contributed by atoms with Crippen LogP contribution in [0.5, 0.6) is 0 Å². The van der Waals surface area contributed by atoms with Crippen LogP contribution in [0.4, 0.5) is 0 Å². The monoisotopic (exact) mass is 276 g/mol. The van der Waals surface area contributed by atoms with E-state index in [9.17, 15) is 4.79 Å². The molecule has 0 aliphatic rings. The van der Waals surface area contributed by atoms with E-state index in [1.807, 2.05) is 5.96 Å². The Bertz CT molecular complexity index is 441. The van der Waals surface area contributed by atoms with E-state index in [0.717, 1.165) is 6.42 Å². The molecular formula is C16H25BOS. The third kappa shape index (κ3) is 6.96. The van der Waals surface area contributed by atoms with Gasteiger partial charge in [-0.15, -0.1) is 0 Å². The molecule has 0 aliphatic heterocycles. The molecule has 1 rings (SSSR count). The summed E-state index contributed by atoms with van der Waals surface area (Å²) in [4.78, 5) is 12.1. The molecule has 0 amide bonds. The summed E-state index contributed by atoms with van der Waals surface area (Å²) in [6, 6.07) is 2.09. The Morgan fingerprint density at radius 2 is 1.79 bits per heavy atom. The van der Waals surface area contributed by atoms with Crippen LogP contribution in [0.1, 0.15) is 52.7 Å². The maximum absolute atomic E-state index is 12.1. The Hall–Kier alpha value is -0.565. The SMILES string of the molecule is CC(C)(C)Cc1cbccc1CC(=O)SC(C)(C)C. The van der Waals surface area contributed by atoms with Gasteiger partial charge in [-0.1, -0.05) is 0 Å². The van der Waals surface area contributed by atoms with E-state index in [1.165, 1.54) is 22.9 Å². The van der Waals surface area contributed by atoms with Crippen molar-refractivity contribution in [2.45, 2.75) is 59.1 Å². The van der Waals surface area contributed by atoms with Crippen LogP contribution >= 0.6 is 11.8 Å². The number of thioether (sulfide) groups is 1. The number of hydrogen-bond acceptors (Lipinski definition) is 2. The van der Waals surface area contributed by atoms with Crippen molar-refractivity contribution in [3.05, 3.63) is 29.1 Å². The van der Waals surface area contributed by atoms with Crippen molar-refractivity contribution < 1.29 is 4.79 Å². The summed E-state index contributed by atoms with van der Waals surface area (Å²) in [6.07, 6.45) is 1.55. The third-order valence-corrected chi connectivity index (χ3v) is 3.58. The summed E-state index contributed by atoms with van der Waals surface area (Å²) in [5.41, 5.74) is 2.73. The fourth-order valence-corrected chi connectivity index (χ4v) is 2.92. The van der Waals surface area contributed by atoms with Gasteiger partial charge in [0.05, 0.1) is 0 Å². The van der Waals surface area contributed by atoms with Gasteiger partial charge in [-0.3, -0.25) is 0 Å². The van der Waals surface area contributed by atoms with Gasteiger partial charge in [0.2, 0.25) is 0 Å². The van der Waals surface area contributed by atoms with E-state index in [2.05, 4.69) is 60.5 Å². The summed E-state index contributed by atoms with van der Waals surface area (Å²) in [7, 11) is 0. The second-order valence-corrected chi connectivity index (χ2v) is 9.15. The van der Waals surface area contributed by atoms with Gasteiger partial charge in [0.25, 0.3) is 0 Å². The molecule has 0 aliphatic carbocycles. The molecule has 1 nitrogen and oxygen atoms in total. The van der Waals surface area contributed by atoms with Gasteiger partial charge in [0.15, 0.2) is 0 Å². The average Bonchev–Trinajstić information content (AvgIpc) is 2.15. The van der Waals surface area contributed by atoms with Gasteiger partial charge in [-0.05, 0) is 0 Å². The van der Waals surface area contributed by atoms with Gasteiger partial charge < -0.3 is 0 Å². The van der Waals surface area contributed by atoms with Crippen LogP contribution in [-0.2, 0) is 17.6 Å². The quantitative estimate of drug-likeness (QED) is 0.822. The van der Waals surface area contributed by atoms with E-state index < -0.39 is 0 Å². The molecule has 19 heavy (non-hydrogen) atoms. The first-order valence-electron chi connectivity index (χ1n) is 6.85. The number of carbonyl (C=O) groups excluding carboxylic acids is 1. The molecule has 0 atom stereocenters. The normalized spacial score (nSPS) is 12.3. The molecule has 0 N–H and O–H groups in total. The maximum atomic E-state index is 12.1. The second-order valence-electron chi connectivity index (χ2n) is 7.27. The molecule has 0 saturated carbocycles. The van der Waals surface area contributed by atoms with Gasteiger partial charge in [-0.2, -0.15) is 0 Å². The Balaban J connectivity index is 2.81. The van der Waals surface area contributed by atoms with Crippen LogP contribution in [0.2, 0.25) is 0 Å². The first kappa shape index (κ1) is 16.5. The van der Waals surface area contributed by atoms with Crippen LogP contribution in [-0.4, -0.2) is 16.8 Å². The van der Waals surface area contributed by atoms with Crippen LogP contribution in [0.25, 0.3) is 0 Å². The van der Waals surface area contributed by atoms with Crippen molar-refractivity contribution in [2.75, 3.05) is 0 Å². The minimum absolute atomic E-state index is 0.00391. The molecule has 0 spiro atoms. The van der Waals surface area contributed by atoms with Crippen molar-refractivity contribution in [2.24, 2.45) is 5.41 Å². The Kier molecular flexibility index (Phi) is 5.43. The molecular weight excluding hydrogens is 251 g/mol. The molecule has 1 heterocycles. The first-order chi connectivity index (χ1) is 8.57. The topological polar surface area (TPSA) is 17.1 Å². The fraction of sp³-hybridized carbons (Fsp3) is 0.625. The second kappa shape index (κ2) is 6.26. The zero-order chi connectivity index (χ0) is 14.7. The van der Waals surface area contributed by atoms with Gasteiger partial charge >= 0.3 is 122 Å². The molecule has 0 unspecified atom stereocenters. The summed E-state index contributed by atoms with van der Waals surface area (Å²) in [5.74, 6) is 4.17. The van der Waals surface area contributed by atoms with Gasteiger partial charge in [0, 0.05) is 0 Å². The van der Waals surface area contributed by atoms with Crippen molar-refractivity contribution in [3.8, 4) is 0 Å². The van der Waals surface area contributed by atoms with E-state index in [0.29, 0.717) is 6.42 Å². The summed E-state index contributed by atoms with van der Waals surface area (Å²) in [6.45, 7) is 15.0. The summed E-state index contributed by atoms with van der Waals surface area (Å²) >= 11 is 1.44. The Morgan fingerprint density at radius 3 is 2.32 bits per heavy atom. The van der Waals surface area contributed by atoms with E-state index in [4.69, 9.17) is 0 Å². The molecule has 3 heteroatoms. The molecule has 104 valence electrons. The Morgan fingerprint density at radius 1 is 1.16 bits per heavy atom. The van der Waals surface area contributed by atoms with Gasteiger partial charge in [-0.25, -0.2) is 0 Å². The first-order valence-corrected chi connectivity index (χ1v) is 7.67. The Labute approximate surface area is 122 Å². The van der Waals surface area contributed by atoms with Gasteiger partial charge in [0.1, 0.15) is 0 Å². The predicted octanol–water partition coefficient (Wildman–Crippen LogP) is 4.21. The number of hydrogen-bond donors (Lipinski definition) is 0. The minimum atomic E-state index is -0.00391. The molecule has 1 aromatic heterocycles. The van der Waals surface area contributed by atoms with Crippen molar-refractivity contribution >= 4 is 23.8 Å². The van der Waals surface area contributed by atoms with Crippen molar-refractivity contribution in [1.29, 1.82) is 0 Å². The van der Waals surface area contributed by atoms with E-state index >= 15 is 0 Å². The number of rotatable bonds is 3. The zero-order valence-corrected chi connectivity index (χ0v) is 13.9. The predicted molar refractivity (Wildman–Crippen MR) is 87.0 cm³/mol. The standard InChI is InChI=1S/C16H25BOS/c1-15(2,3)10-13-11-17-8-7-12(13)9-14(18)19-16(4,5)6/h7-8,11H,9-10H2,1-6H3. The molecule has 0 fully saturated rings. The molecule has 0 saturated heterocycles. The van der Waals surface area contributed by atoms with Crippen molar-refractivity contribution in [1.82, 2.24) is 0 Å². The number of carbonyl (C=O) groups is 1. The van der Waals surface area contributed by atoms with Crippen LogP contribution in [0.15, 0.2) is 18.0 Å². The van der Waals surface area contributed by atoms with Crippen molar-refractivity contribution in [3.63, 3.8) is 0 Å². The average molecular weight is 276 g/mol.